The van der Waals surface area contributed by atoms with Crippen molar-refractivity contribution in [2.75, 3.05) is 40.4 Å². The van der Waals surface area contributed by atoms with Crippen LogP contribution in [-0.4, -0.2) is 57.2 Å². The number of carbonyl (C=O) groups is 1. The van der Waals surface area contributed by atoms with Gasteiger partial charge >= 0.3 is 5.97 Å². The molecule has 1 saturated heterocycles. The van der Waals surface area contributed by atoms with E-state index in [4.69, 9.17) is 21.1 Å². The lowest BCUT2D eigenvalue weighted by atomic mass is 9.97. The Morgan fingerprint density at radius 1 is 1.38 bits per heavy atom. The largest absolute Gasteiger partial charge is 0.493 e. The Morgan fingerprint density at radius 3 is 2.73 bits per heavy atom. The third kappa shape index (κ3) is 5.80. The number of rotatable bonds is 6. The summed E-state index contributed by atoms with van der Waals surface area (Å²) in [6.07, 6.45) is 2.46. The van der Waals surface area contributed by atoms with Crippen LogP contribution in [0.5, 0.6) is 5.75 Å². The van der Waals surface area contributed by atoms with Crippen LogP contribution < -0.4 is 10.1 Å². The zero-order valence-electron chi connectivity index (χ0n) is 15.8. The van der Waals surface area contributed by atoms with Gasteiger partial charge in [-0.05, 0) is 49.9 Å². The van der Waals surface area contributed by atoms with Crippen LogP contribution >= 0.6 is 11.6 Å². The number of aryl methyl sites for hydroxylation is 1. The van der Waals surface area contributed by atoms with Crippen molar-refractivity contribution in [3.8, 4) is 5.75 Å². The molecule has 0 saturated carbocycles. The predicted octanol–water partition coefficient (Wildman–Crippen LogP) is 2.88. The van der Waals surface area contributed by atoms with Gasteiger partial charge in [0, 0.05) is 31.7 Å². The van der Waals surface area contributed by atoms with E-state index < -0.39 is 0 Å². The van der Waals surface area contributed by atoms with Crippen molar-refractivity contribution < 1.29 is 14.3 Å². The summed E-state index contributed by atoms with van der Waals surface area (Å²) in [5.41, 5.74) is 1.04. The Kier molecular flexibility index (Phi) is 8.04. The number of hydrogen-bond donors (Lipinski definition) is 1. The summed E-state index contributed by atoms with van der Waals surface area (Å²) in [5.74, 6) is 1.63. The van der Waals surface area contributed by atoms with Gasteiger partial charge in [-0.25, -0.2) is 0 Å². The van der Waals surface area contributed by atoms with Crippen molar-refractivity contribution in [3.05, 3.63) is 28.8 Å². The van der Waals surface area contributed by atoms with Gasteiger partial charge in [-0.2, -0.15) is 0 Å². The molecule has 0 spiro atoms. The SMILES string of the molecule is CN=C(NCCCOc1ccc(Cl)cc1C)N1CCC(C(=O)OC)CC1. The highest BCUT2D eigenvalue weighted by Crippen LogP contribution is 2.22. The van der Waals surface area contributed by atoms with Crippen LogP contribution in [0.4, 0.5) is 0 Å². The first-order valence-corrected chi connectivity index (χ1v) is 9.35. The normalized spacial score (nSPS) is 15.7. The molecule has 144 valence electrons. The molecule has 7 heteroatoms. The quantitative estimate of drug-likeness (QED) is 0.355. The van der Waals surface area contributed by atoms with E-state index >= 15 is 0 Å². The van der Waals surface area contributed by atoms with Gasteiger partial charge in [-0.1, -0.05) is 11.6 Å². The number of guanidine groups is 1. The summed E-state index contributed by atoms with van der Waals surface area (Å²) in [7, 11) is 3.23. The first kappa shape index (κ1) is 20.4. The molecule has 2 rings (SSSR count). The molecule has 1 aromatic carbocycles. The molecule has 6 nitrogen and oxygen atoms in total. The molecule has 0 radical (unpaired) electrons. The average molecular weight is 382 g/mol. The fraction of sp³-hybridized carbons (Fsp3) is 0.579. The summed E-state index contributed by atoms with van der Waals surface area (Å²) >= 11 is 5.95. The maximum absolute atomic E-state index is 11.6. The molecule has 1 aliphatic rings. The van der Waals surface area contributed by atoms with Gasteiger partial charge in [0.1, 0.15) is 5.75 Å². The molecule has 0 atom stereocenters. The van der Waals surface area contributed by atoms with Crippen molar-refractivity contribution in [1.29, 1.82) is 0 Å². The topological polar surface area (TPSA) is 63.2 Å². The van der Waals surface area contributed by atoms with E-state index in [0.717, 1.165) is 61.2 Å². The number of hydrogen-bond acceptors (Lipinski definition) is 4. The number of piperidine rings is 1. The van der Waals surface area contributed by atoms with Crippen LogP contribution in [0.1, 0.15) is 24.8 Å². The Balaban J connectivity index is 1.68. The van der Waals surface area contributed by atoms with Crippen LogP contribution in [0.15, 0.2) is 23.2 Å². The molecule has 0 aliphatic carbocycles. The van der Waals surface area contributed by atoms with Crippen molar-refractivity contribution in [1.82, 2.24) is 10.2 Å². The zero-order chi connectivity index (χ0) is 18.9. The van der Waals surface area contributed by atoms with Crippen LogP contribution in [0.25, 0.3) is 0 Å². The summed E-state index contributed by atoms with van der Waals surface area (Å²) in [6, 6.07) is 5.63. The van der Waals surface area contributed by atoms with Gasteiger partial charge in [0.2, 0.25) is 0 Å². The van der Waals surface area contributed by atoms with E-state index in [-0.39, 0.29) is 11.9 Å². The molecule has 26 heavy (non-hydrogen) atoms. The first-order valence-electron chi connectivity index (χ1n) is 8.97. The number of aliphatic imine (C=N–C) groups is 1. The third-order valence-electron chi connectivity index (χ3n) is 4.54. The summed E-state index contributed by atoms with van der Waals surface area (Å²) in [5, 5.41) is 4.08. The second-order valence-corrected chi connectivity index (χ2v) is 6.81. The highest BCUT2D eigenvalue weighted by Gasteiger charge is 2.26. The van der Waals surface area contributed by atoms with Crippen LogP contribution in [0.3, 0.4) is 0 Å². The van der Waals surface area contributed by atoms with Gasteiger partial charge in [0.05, 0.1) is 19.6 Å². The minimum absolute atomic E-state index is 0.00497. The summed E-state index contributed by atoms with van der Waals surface area (Å²) in [4.78, 5) is 18.1. The number of nitrogens with zero attached hydrogens (tertiary/aromatic N) is 2. The maximum atomic E-state index is 11.6. The fourth-order valence-corrected chi connectivity index (χ4v) is 3.28. The van der Waals surface area contributed by atoms with Gasteiger partial charge < -0.3 is 19.7 Å². The molecular formula is C19H28ClN3O3. The number of nitrogens with one attached hydrogen (secondary N) is 1. The molecular weight excluding hydrogens is 354 g/mol. The lowest BCUT2D eigenvalue weighted by Crippen LogP contribution is -2.47. The lowest BCUT2D eigenvalue weighted by molar-refractivity contribution is -0.146. The number of halogens is 1. The highest BCUT2D eigenvalue weighted by atomic mass is 35.5. The van der Waals surface area contributed by atoms with Crippen molar-refractivity contribution in [3.63, 3.8) is 0 Å². The Hall–Kier alpha value is -1.95. The second kappa shape index (κ2) is 10.3. The standard InChI is InChI=1S/C19H28ClN3O3/c1-14-13-16(20)5-6-17(14)26-12-4-9-22-19(21-2)23-10-7-15(8-11-23)18(24)25-3/h5-6,13,15H,4,7-12H2,1-3H3,(H,21,22). The van der Waals surface area contributed by atoms with E-state index in [0.29, 0.717) is 6.61 Å². The number of likely N-dealkylation sites (tertiary alicyclic amines) is 1. The highest BCUT2D eigenvalue weighted by molar-refractivity contribution is 6.30. The second-order valence-electron chi connectivity index (χ2n) is 6.37. The number of methoxy groups -OCH3 is 1. The number of ether oxygens (including phenoxy) is 2. The molecule has 1 aliphatic heterocycles. The molecule has 1 aromatic rings. The minimum Gasteiger partial charge on any atom is -0.493 e. The van der Waals surface area contributed by atoms with Crippen molar-refractivity contribution >= 4 is 23.5 Å². The molecule has 0 aromatic heterocycles. The van der Waals surface area contributed by atoms with Crippen LogP contribution in [0, 0.1) is 12.8 Å². The lowest BCUT2D eigenvalue weighted by Gasteiger charge is -2.33. The van der Waals surface area contributed by atoms with Gasteiger partial charge in [-0.3, -0.25) is 9.79 Å². The maximum Gasteiger partial charge on any atom is 0.308 e. The first-order chi connectivity index (χ1) is 12.5. The molecule has 0 unspecified atom stereocenters. The Labute approximate surface area is 160 Å². The van der Waals surface area contributed by atoms with Crippen molar-refractivity contribution in [2.24, 2.45) is 10.9 Å². The van der Waals surface area contributed by atoms with E-state index in [2.05, 4.69) is 15.2 Å². The fourth-order valence-electron chi connectivity index (χ4n) is 3.06. The molecule has 0 bridgehead atoms. The minimum atomic E-state index is -0.109. The number of benzene rings is 1. The van der Waals surface area contributed by atoms with Gasteiger partial charge in [-0.15, -0.1) is 0 Å². The van der Waals surface area contributed by atoms with Gasteiger partial charge in [0.25, 0.3) is 0 Å². The van der Waals surface area contributed by atoms with Crippen molar-refractivity contribution in [2.45, 2.75) is 26.2 Å². The summed E-state index contributed by atoms with van der Waals surface area (Å²) < 4.78 is 10.6. The van der Waals surface area contributed by atoms with E-state index in [1.54, 1.807) is 7.05 Å². The molecule has 1 N–H and O–H groups in total. The third-order valence-corrected chi connectivity index (χ3v) is 4.77. The monoisotopic (exact) mass is 381 g/mol. The smallest absolute Gasteiger partial charge is 0.308 e. The van der Waals surface area contributed by atoms with E-state index in [9.17, 15) is 4.79 Å². The molecule has 0 amide bonds. The molecule has 1 fully saturated rings. The molecule has 1 heterocycles. The summed E-state index contributed by atoms with van der Waals surface area (Å²) in [6.45, 7) is 4.99. The number of carbonyl (C=O) groups excluding carboxylic acids is 1. The van der Waals surface area contributed by atoms with Gasteiger partial charge in [0.15, 0.2) is 5.96 Å². The zero-order valence-corrected chi connectivity index (χ0v) is 16.5. The Morgan fingerprint density at radius 2 is 2.12 bits per heavy atom. The number of esters is 1. The Bertz CT molecular complexity index is 628. The van der Waals surface area contributed by atoms with Crippen LogP contribution in [0.2, 0.25) is 5.02 Å². The van der Waals surface area contributed by atoms with E-state index in [1.165, 1.54) is 7.11 Å². The average Bonchev–Trinajstić information content (AvgIpc) is 2.65. The van der Waals surface area contributed by atoms with E-state index in [1.807, 2.05) is 25.1 Å². The van der Waals surface area contributed by atoms with Crippen LogP contribution in [-0.2, 0) is 9.53 Å². The predicted molar refractivity (Wildman–Crippen MR) is 104 cm³/mol.